The molecule has 1 aliphatic heterocycles. The molecule has 1 aromatic rings. The molecule has 0 unspecified atom stereocenters. The Labute approximate surface area is 157 Å². The van der Waals surface area contributed by atoms with Gasteiger partial charge in [0.1, 0.15) is 12.4 Å². The van der Waals surface area contributed by atoms with Crippen LogP contribution in [0.1, 0.15) is 19.8 Å². The predicted molar refractivity (Wildman–Crippen MR) is 96.3 cm³/mol. The number of carboxylic acids is 1. The molecule has 8 nitrogen and oxygen atoms in total. The zero-order valence-corrected chi connectivity index (χ0v) is 15.7. The van der Waals surface area contributed by atoms with Crippen molar-refractivity contribution in [3.63, 3.8) is 0 Å². The van der Waals surface area contributed by atoms with Crippen LogP contribution in [0.25, 0.3) is 0 Å². The van der Waals surface area contributed by atoms with Crippen LogP contribution in [-0.4, -0.2) is 61.0 Å². The van der Waals surface area contributed by atoms with E-state index in [1.54, 1.807) is 6.92 Å². The van der Waals surface area contributed by atoms with E-state index in [0.717, 1.165) is 4.90 Å². The first-order valence-corrected chi connectivity index (χ1v) is 9.92. The Hall–Kier alpha value is -2.73. The molecule has 2 N–H and O–H groups in total. The number of aliphatic carboxylic acids is 1. The molecule has 0 saturated carbocycles. The summed E-state index contributed by atoms with van der Waals surface area (Å²) < 4.78 is 30.8. The van der Waals surface area contributed by atoms with Crippen molar-refractivity contribution in [2.24, 2.45) is 5.41 Å². The Morgan fingerprint density at radius 3 is 2.26 bits per heavy atom. The Morgan fingerprint density at radius 2 is 1.78 bits per heavy atom. The van der Waals surface area contributed by atoms with Gasteiger partial charge in [-0.25, -0.2) is 13.2 Å². The van der Waals surface area contributed by atoms with E-state index in [2.05, 4.69) is 11.8 Å². The van der Waals surface area contributed by atoms with Crippen molar-refractivity contribution in [3.8, 4) is 17.6 Å². The average Bonchev–Trinajstić information content (AvgIpc) is 2.62. The third kappa shape index (κ3) is 4.92. The average molecular weight is 395 g/mol. The van der Waals surface area contributed by atoms with Gasteiger partial charge in [-0.3, -0.25) is 4.79 Å². The van der Waals surface area contributed by atoms with Crippen LogP contribution in [0, 0.1) is 17.3 Å². The summed E-state index contributed by atoms with van der Waals surface area (Å²) in [6.07, 6.45) is -1.24. The fraction of sp³-hybridized carbons (Fsp3) is 0.444. The standard InChI is InChI=1S/C18H21NO7S/c1-2-3-12-26-14-4-6-15(7-5-14)27(24,25)13-18(16(20)21)8-10-19(11-9-18)17(22)23/h4-7H,8-13H2,1H3,(H,20,21)(H,22,23). The molecule has 0 bridgehead atoms. The molecule has 1 fully saturated rings. The maximum Gasteiger partial charge on any atom is 0.407 e. The molecule has 0 spiro atoms. The Kier molecular flexibility index (Phi) is 6.33. The molecule has 1 amide bonds. The molecule has 0 aromatic heterocycles. The number of hydrogen-bond donors (Lipinski definition) is 2. The number of ether oxygens (including phenoxy) is 1. The first-order chi connectivity index (χ1) is 12.7. The van der Waals surface area contributed by atoms with E-state index in [1.165, 1.54) is 24.3 Å². The molecule has 27 heavy (non-hydrogen) atoms. The van der Waals surface area contributed by atoms with Crippen molar-refractivity contribution in [2.45, 2.75) is 24.7 Å². The molecular formula is C18H21NO7S. The quantitative estimate of drug-likeness (QED) is 0.703. The van der Waals surface area contributed by atoms with Gasteiger partial charge in [-0.15, -0.1) is 5.92 Å². The highest BCUT2D eigenvalue weighted by molar-refractivity contribution is 7.91. The lowest BCUT2D eigenvalue weighted by molar-refractivity contribution is -0.150. The van der Waals surface area contributed by atoms with Gasteiger partial charge in [-0.05, 0) is 44.0 Å². The highest BCUT2D eigenvalue weighted by Crippen LogP contribution is 2.35. The molecule has 1 heterocycles. The summed E-state index contributed by atoms with van der Waals surface area (Å²) in [5, 5.41) is 18.6. The number of piperidine rings is 1. The minimum Gasteiger partial charge on any atom is -0.481 e. The maximum atomic E-state index is 12.7. The van der Waals surface area contributed by atoms with Crippen LogP contribution in [0.15, 0.2) is 29.2 Å². The molecular weight excluding hydrogens is 374 g/mol. The number of rotatable bonds is 6. The summed E-state index contributed by atoms with van der Waals surface area (Å²) in [6, 6.07) is 5.72. The summed E-state index contributed by atoms with van der Waals surface area (Å²) in [6.45, 7) is 1.84. The van der Waals surface area contributed by atoms with E-state index in [1.807, 2.05) is 0 Å². The number of amides is 1. The van der Waals surface area contributed by atoms with Crippen molar-refractivity contribution in [1.29, 1.82) is 0 Å². The van der Waals surface area contributed by atoms with Gasteiger partial charge in [0, 0.05) is 13.1 Å². The van der Waals surface area contributed by atoms with Crippen molar-refractivity contribution in [1.82, 2.24) is 4.90 Å². The zero-order valence-electron chi connectivity index (χ0n) is 14.8. The summed E-state index contributed by atoms with van der Waals surface area (Å²) in [5.41, 5.74) is -1.50. The second kappa shape index (κ2) is 8.31. The lowest BCUT2D eigenvalue weighted by Gasteiger charge is -2.37. The topological polar surface area (TPSA) is 121 Å². The van der Waals surface area contributed by atoms with E-state index in [9.17, 15) is 23.1 Å². The largest absolute Gasteiger partial charge is 0.481 e. The molecule has 146 valence electrons. The normalized spacial score (nSPS) is 16.1. The Morgan fingerprint density at radius 1 is 1.19 bits per heavy atom. The minimum absolute atomic E-state index is 0.00212. The van der Waals surface area contributed by atoms with Crippen molar-refractivity contribution in [3.05, 3.63) is 24.3 Å². The van der Waals surface area contributed by atoms with Crippen molar-refractivity contribution < 1.29 is 33.0 Å². The number of carboxylic acid groups (broad SMARTS) is 2. The van der Waals surface area contributed by atoms with Crippen molar-refractivity contribution >= 4 is 21.9 Å². The van der Waals surface area contributed by atoms with Gasteiger partial charge in [0.25, 0.3) is 0 Å². The number of nitrogens with zero attached hydrogens (tertiary/aromatic N) is 1. The first-order valence-electron chi connectivity index (χ1n) is 8.27. The van der Waals surface area contributed by atoms with Crippen LogP contribution in [-0.2, 0) is 14.6 Å². The summed E-state index contributed by atoms with van der Waals surface area (Å²) >= 11 is 0. The van der Waals surface area contributed by atoms with E-state index >= 15 is 0 Å². The van der Waals surface area contributed by atoms with Gasteiger partial charge < -0.3 is 19.8 Å². The molecule has 1 saturated heterocycles. The maximum absolute atomic E-state index is 12.7. The Bertz CT molecular complexity index is 857. The molecule has 1 aliphatic rings. The molecule has 2 rings (SSSR count). The minimum atomic E-state index is -3.87. The lowest BCUT2D eigenvalue weighted by atomic mass is 9.80. The number of likely N-dealkylation sites (tertiary alicyclic amines) is 1. The van der Waals surface area contributed by atoms with E-state index < -0.39 is 33.1 Å². The third-order valence-corrected chi connectivity index (χ3v) is 6.50. The monoisotopic (exact) mass is 395 g/mol. The number of carbonyl (C=O) groups is 2. The van der Waals surface area contributed by atoms with E-state index in [-0.39, 0.29) is 37.4 Å². The van der Waals surface area contributed by atoms with Gasteiger partial charge in [0.2, 0.25) is 0 Å². The van der Waals surface area contributed by atoms with Crippen LogP contribution in [0.4, 0.5) is 4.79 Å². The van der Waals surface area contributed by atoms with E-state index in [4.69, 9.17) is 9.84 Å². The summed E-state index contributed by atoms with van der Waals surface area (Å²) in [7, 11) is -3.87. The van der Waals surface area contributed by atoms with Crippen LogP contribution < -0.4 is 4.74 Å². The Balaban J connectivity index is 2.16. The fourth-order valence-corrected chi connectivity index (χ4v) is 4.78. The smallest absolute Gasteiger partial charge is 0.407 e. The van der Waals surface area contributed by atoms with Crippen LogP contribution in [0.2, 0.25) is 0 Å². The zero-order chi connectivity index (χ0) is 20.1. The van der Waals surface area contributed by atoms with Crippen LogP contribution >= 0.6 is 0 Å². The molecule has 0 atom stereocenters. The fourth-order valence-electron chi connectivity index (χ4n) is 2.93. The van der Waals surface area contributed by atoms with Crippen LogP contribution in [0.3, 0.4) is 0 Å². The van der Waals surface area contributed by atoms with Gasteiger partial charge in [0.05, 0.1) is 16.1 Å². The van der Waals surface area contributed by atoms with Gasteiger partial charge in [-0.2, -0.15) is 0 Å². The second-order valence-electron chi connectivity index (χ2n) is 6.30. The second-order valence-corrected chi connectivity index (χ2v) is 8.29. The molecule has 0 radical (unpaired) electrons. The van der Waals surface area contributed by atoms with Crippen LogP contribution in [0.5, 0.6) is 5.75 Å². The van der Waals surface area contributed by atoms with Gasteiger partial charge in [0.15, 0.2) is 9.84 Å². The van der Waals surface area contributed by atoms with E-state index in [0.29, 0.717) is 5.75 Å². The van der Waals surface area contributed by atoms with Gasteiger partial charge in [-0.1, -0.05) is 5.92 Å². The highest BCUT2D eigenvalue weighted by atomic mass is 32.2. The number of benzene rings is 1. The molecule has 0 aliphatic carbocycles. The van der Waals surface area contributed by atoms with Crippen molar-refractivity contribution in [2.75, 3.05) is 25.4 Å². The number of sulfone groups is 1. The van der Waals surface area contributed by atoms with Gasteiger partial charge >= 0.3 is 12.1 Å². The SMILES string of the molecule is CC#CCOc1ccc(S(=O)(=O)CC2(C(=O)O)CCN(C(=O)O)CC2)cc1. The lowest BCUT2D eigenvalue weighted by Crippen LogP contribution is -2.49. The summed E-state index contributed by atoms with van der Waals surface area (Å²) in [4.78, 5) is 23.9. The molecule has 1 aromatic carbocycles. The first kappa shape index (κ1) is 20.6. The number of hydrogen-bond acceptors (Lipinski definition) is 5. The molecule has 9 heteroatoms. The predicted octanol–water partition coefficient (Wildman–Crippen LogP) is 1.71. The third-order valence-electron chi connectivity index (χ3n) is 4.58. The summed E-state index contributed by atoms with van der Waals surface area (Å²) in [5.74, 6) is 4.05. The highest BCUT2D eigenvalue weighted by Gasteiger charge is 2.46.